The molecule has 0 saturated carbocycles. The Morgan fingerprint density at radius 1 is 1.30 bits per heavy atom. The Labute approximate surface area is 118 Å². The van der Waals surface area contributed by atoms with Crippen molar-refractivity contribution in [3.63, 3.8) is 0 Å². The Bertz CT molecular complexity index is 545. The summed E-state index contributed by atoms with van der Waals surface area (Å²) in [5.74, 6) is 0.126. The number of nitrogens with zero attached hydrogens (tertiary/aromatic N) is 1. The maximum absolute atomic E-state index is 13.3. The molecule has 4 heteroatoms. The molecule has 0 aliphatic rings. The third-order valence-corrected chi connectivity index (χ3v) is 3.01. The number of pyridine rings is 1. The molecule has 1 aromatic heterocycles. The smallest absolute Gasteiger partial charge is 0.218 e. The van der Waals surface area contributed by atoms with E-state index in [2.05, 4.69) is 10.3 Å². The standard InChI is InChI=1S/C16H19FN2O/c1-3-18-10-14-9-15(17)11-19-16(14)20-12(2)13-7-5-4-6-8-13/h4-9,11-12,18H,3,10H2,1-2H3. The van der Waals surface area contributed by atoms with E-state index in [-0.39, 0.29) is 11.9 Å². The van der Waals surface area contributed by atoms with Crippen LogP contribution in [0.2, 0.25) is 0 Å². The number of benzene rings is 1. The molecule has 0 fully saturated rings. The average molecular weight is 274 g/mol. The molecular formula is C16H19FN2O. The van der Waals surface area contributed by atoms with Crippen molar-refractivity contribution in [2.75, 3.05) is 6.54 Å². The first kappa shape index (κ1) is 14.5. The Kier molecular flexibility index (Phi) is 5.07. The van der Waals surface area contributed by atoms with Gasteiger partial charge in [-0.1, -0.05) is 37.3 Å². The predicted octanol–water partition coefficient (Wildman–Crippen LogP) is 3.47. The molecule has 3 nitrogen and oxygen atoms in total. The van der Waals surface area contributed by atoms with Crippen LogP contribution in [0.15, 0.2) is 42.6 Å². The monoisotopic (exact) mass is 274 g/mol. The van der Waals surface area contributed by atoms with E-state index in [4.69, 9.17) is 4.74 Å². The summed E-state index contributed by atoms with van der Waals surface area (Å²) in [6, 6.07) is 11.3. The molecule has 20 heavy (non-hydrogen) atoms. The Morgan fingerprint density at radius 2 is 2.05 bits per heavy atom. The van der Waals surface area contributed by atoms with Crippen LogP contribution in [0, 0.1) is 5.82 Å². The summed E-state index contributed by atoms with van der Waals surface area (Å²) in [5.41, 5.74) is 1.79. The first-order chi connectivity index (χ1) is 9.70. The highest BCUT2D eigenvalue weighted by Gasteiger charge is 2.12. The molecule has 0 radical (unpaired) electrons. The number of ether oxygens (including phenoxy) is 1. The van der Waals surface area contributed by atoms with Gasteiger partial charge in [0.15, 0.2) is 0 Å². The summed E-state index contributed by atoms with van der Waals surface area (Å²) in [6.07, 6.45) is 1.05. The van der Waals surface area contributed by atoms with Crippen molar-refractivity contribution in [2.24, 2.45) is 0 Å². The zero-order chi connectivity index (χ0) is 14.4. The lowest BCUT2D eigenvalue weighted by atomic mass is 10.1. The largest absolute Gasteiger partial charge is 0.470 e. The predicted molar refractivity (Wildman–Crippen MR) is 77.1 cm³/mol. The van der Waals surface area contributed by atoms with Crippen LogP contribution in [-0.2, 0) is 6.54 Å². The minimum absolute atomic E-state index is 0.130. The number of halogens is 1. The fourth-order valence-corrected chi connectivity index (χ4v) is 1.92. The topological polar surface area (TPSA) is 34.2 Å². The van der Waals surface area contributed by atoms with Crippen molar-refractivity contribution in [1.29, 1.82) is 0 Å². The summed E-state index contributed by atoms with van der Waals surface area (Å²) in [6.45, 7) is 5.31. The van der Waals surface area contributed by atoms with E-state index in [1.807, 2.05) is 44.2 Å². The molecule has 2 aromatic rings. The van der Waals surface area contributed by atoms with Gasteiger partial charge in [0.1, 0.15) is 11.9 Å². The SMILES string of the molecule is CCNCc1cc(F)cnc1OC(C)c1ccccc1. The number of nitrogens with one attached hydrogen (secondary N) is 1. The number of rotatable bonds is 6. The molecule has 106 valence electrons. The molecular weight excluding hydrogens is 255 g/mol. The van der Waals surface area contributed by atoms with Crippen LogP contribution < -0.4 is 10.1 Å². The maximum Gasteiger partial charge on any atom is 0.218 e. The van der Waals surface area contributed by atoms with Crippen molar-refractivity contribution in [3.8, 4) is 5.88 Å². The van der Waals surface area contributed by atoms with E-state index < -0.39 is 0 Å². The van der Waals surface area contributed by atoms with Crippen LogP contribution in [0.4, 0.5) is 4.39 Å². The van der Waals surface area contributed by atoms with E-state index in [0.29, 0.717) is 12.4 Å². The van der Waals surface area contributed by atoms with Crippen molar-refractivity contribution in [1.82, 2.24) is 10.3 Å². The Balaban J connectivity index is 2.15. The van der Waals surface area contributed by atoms with Crippen LogP contribution in [0.25, 0.3) is 0 Å². The third-order valence-electron chi connectivity index (χ3n) is 3.01. The van der Waals surface area contributed by atoms with E-state index in [9.17, 15) is 4.39 Å². The van der Waals surface area contributed by atoms with Crippen LogP contribution in [0.5, 0.6) is 5.88 Å². The minimum atomic E-state index is -0.349. The van der Waals surface area contributed by atoms with Crippen molar-refractivity contribution in [2.45, 2.75) is 26.5 Å². The van der Waals surface area contributed by atoms with Crippen molar-refractivity contribution >= 4 is 0 Å². The van der Waals surface area contributed by atoms with Gasteiger partial charge >= 0.3 is 0 Å². The molecule has 0 bridgehead atoms. The van der Waals surface area contributed by atoms with Gasteiger partial charge in [-0.25, -0.2) is 9.37 Å². The molecule has 0 aliphatic heterocycles. The lowest BCUT2D eigenvalue weighted by Gasteiger charge is -2.17. The van der Waals surface area contributed by atoms with Gasteiger partial charge in [0.25, 0.3) is 0 Å². The second-order valence-corrected chi connectivity index (χ2v) is 4.57. The lowest BCUT2D eigenvalue weighted by Crippen LogP contribution is -2.14. The summed E-state index contributed by atoms with van der Waals surface area (Å²) in [4.78, 5) is 4.06. The molecule has 2 rings (SSSR count). The first-order valence-electron chi connectivity index (χ1n) is 6.77. The van der Waals surface area contributed by atoms with E-state index >= 15 is 0 Å². The van der Waals surface area contributed by atoms with Gasteiger partial charge in [-0.15, -0.1) is 0 Å². The number of hydrogen-bond donors (Lipinski definition) is 1. The van der Waals surface area contributed by atoms with Crippen LogP contribution in [0.1, 0.15) is 31.1 Å². The fraction of sp³-hybridized carbons (Fsp3) is 0.312. The summed E-state index contributed by atoms with van der Waals surface area (Å²) >= 11 is 0. The van der Waals surface area contributed by atoms with Gasteiger partial charge in [-0.05, 0) is 25.1 Å². The molecule has 1 heterocycles. The second-order valence-electron chi connectivity index (χ2n) is 4.57. The highest BCUT2D eigenvalue weighted by molar-refractivity contribution is 5.27. The van der Waals surface area contributed by atoms with Crippen molar-refractivity contribution in [3.05, 3.63) is 59.5 Å². The molecule has 0 aliphatic carbocycles. The van der Waals surface area contributed by atoms with Gasteiger partial charge < -0.3 is 10.1 Å². The highest BCUT2D eigenvalue weighted by Crippen LogP contribution is 2.23. The molecule has 1 atom stereocenters. The van der Waals surface area contributed by atoms with E-state index in [1.54, 1.807) is 0 Å². The highest BCUT2D eigenvalue weighted by atomic mass is 19.1. The molecule has 1 N–H and O–H groups in total. The zero-order valence-electron chi connectivity index (χ0n) is 11.8. The third kappa shape index (κ3) is 3.78. The summed E-state index contributed by atoms with van der Waals surface area (Å²) in [5, 5.41) is 3.16. The maximum atomic E-state index is 13.3. The minimum Gasteiger partial charge on any atom is -0.470 e. The number of hydrogen-bond acceptors (Lipinski definition) is 3. The van der Waals surface area contributed by atoms with Crippen LogP contribution >= 0.6 is 0 Å². The molecule has 1 aromatic carbocycles. The van der Waals surface area contributed by atoms with Gasteiger partial charge in [0, 0.05) is 12.1 Å². The molecule has 0 spiro atoms. The molecule has 0 amide bonds. The Morgan fingerprint density at radius 3 is 2.75 bits per heavy atom. The first-order valence-corrected chi connectivity index (χ1v) is 6.77. The normalized spacial score (nSPS) is 12.2. The van der Waals surface area contributed by atoms with Crippen LogP contribution in [0.3, 0.4) is 0 Å². The van der Waals surface area contributed by atoms with E-state index in [0.717, 1.165) is 17.7 Å². The van der Waals surface area contributed by atoms with Crippen LogP contribution in [-0.4, -0.2) is 11.5 Å². The summed E-state index contributed by atoms with van der Waals surface area (Å²) in [7, 11) is 0. The summed E-state index contributed by atoms with van der Waals surface area (Å²) < 4.78 is 19.2. The lowest BCUT2D eigenvalue weighted by molar-refractivity contribution is 0.214. The fourth-order valence-electron chi connectivity index (χ4n) is 1.92. The second kappa shape index (κ2) is 7.01. The quantitative estimate of drug-likeness (QED) is 0.875. The van der Waals surface area contributed by atoms with Gasteiger partial charge in [0.2, 0.25) is 5.88 Å². The molecule has 1 unspecified atom stereocenters. The zero-order valence-corrected chi connectivity index (χ0v) is 11.8. The average Bonchev–Trinajstić information content (AvgIpc) is 2.48. The molecule has 0 saturated heterocycles. The number of aromatic nitrogens is 1. The Hall–Kier alpha value is -1.94. The van der Waals surface area contributed by atoms with E-state index in [1.165, 1.54) is 12.3 Å². The van der Waals surface area contributed by atoms with Gasteiger partial charge in [0.05, 0.1) is 6.20 Å². The van der Waals surface area contributed by atoms with Gasteiger partial charge in [-0.3, -0.25) is 0 Å². The van der Waals surface area contributed by atoms with Crippen molar-refractivity contribution < 1.29 is 9.13 Å². The van der Waals surface area contributed by atoms with Gasteiger partial charge in [-0.2, -0.15) is 0 Å².